The summed E-state index contributed by atoms with van der Waals surface area (Å²) in [6.07, 6.45) is 8.73. The van der Waals surface area contributed by atoms with E-state index in [2.05, 4.69) is 40.2 Å². The minimum Gasteiger partial charge on any atom is -0.481 e. The summed E-state index contributed by atoms with van der Waals surface area (Å²) in [4.78, 5) is 6.96. The Morgan fingerprint density at radius 1 is 1.13 bits per heavy atom. The van der Waals surface area contributed by atoms with Crippen molar-refractivity contribution in [2.24, 2.45) is 0 Å². The lowest BCUT2D eigenvalue weighted by Gasteiger charge is -2.36. The van der Waals surface area contributed by atoms with Crippen LogP contribution in [0.2, 0.25) is 0 Å². The van der Waals surface area contributed by atoms with Crippen molar-refractivity contribution in [3.8, 4) is 17.0 Å². The van der Waals surface area contributed by atoms with Gasteiger partial charge in [-0.1, -0.05) is 30.7 Å². The van der Waals surface area contributed by atoms with Gasteiger partial charge in [-0.25, -0.2) is 4.98 Å². The molecule has 0 bridgehead atoms. The van der Waals surface area contributed by atoms with Crippen LogP contribution in [0.4, 0.5) is 0 Å². The SMILES string of the molecule is COc1cc(-c2ccccc2CN2CCCCC23CC3)ccn1. The number of likely N-dealkylation sites (tertiary alicyclic amines) is 1. The molecule has 2 fully saturated rings. The van der Waals surface area contributed by atoms with Crippen LogP contribution < -0.4 is 4.74 Å². The van der Waals surface area contributed by atoms with E-state index >= 15 is 0 Å². The Morgan fingerprint density at radius 2 is 2.00 bits per heavy atom. The highest BCUT2D eigenvalue weighted by molar-refractivity contribution is 5.67. The zero-order valence-electron chi connectivity index (χ0n) is 13.8. The van der Waals surface area contributed by atoms with Gasteiger partial charge in [0.1, 0.15) is 0 Å². The smallest absolute Gasteiger partial charge is 0.213 e. The number of hydrogen-bond donors (Lipinski definition) is 0. The zero-order valence-corrected chi connectivity index (χ0v) is 13.8. The summed E-state index contributed by atoms with van der Waals surface area (Å²) in [6.45, 7) is 2.30. The van der Waals surface area contributed by atoms with Crippen molar-refractivity contribution in [3.05, 3.63) is 48.2 Å². The maximum Gasteiger partial charge on any atom is 0.213 e. The lowest BCUT2D eigenvalue weighted by molar-refractivity contribution is 0.121. The highest BCUT2D eigenvalue weighted by atomic mass is 16.5. The number of aromatic nitrogens is 1. The predicted octanol–water partition coefficient (Wildman–Crippen LogP) is 4.28. The second-order valence-corrected chi connectivity index (χ2v) is 6.85. The molecular formula is C20H24N2O. The number of benzene rings is 1. The van der Waals surface area contributed by atoms with Crippen molar-refractivity contribution in [1.82, 2.24) is 9.88 Å². The van der Waals surface area contributed by atoms with E-state index < -0.39 is 0 Å². The van der Waals surface area contributed by atoms with Crippen LogP contribution in [0, 0.1) is 0 Å². The molecule has 0 N–H and O–H groups in total. The molecule has 2 heterocycles. The fraction of sp³-hybridized carbons (Fsp3) is 0.450. The molecule has 1 aliphatic carbocycles. The quantitative estimate of drug-likeness (QED) is 0.843. The molecule has 1 spiro atoms. The first kappa shape index (κ1) is 14.7. The maximum atomic E-state index is 5.29. The van der Waals surface area contributed by atoms with E-state index in [9.17, 15) is 0 Å². The van der Waals surface area contributed by atoms with Crippen LogP contribution in [0.5, 0.6) is 5.88 Å². The van der Waals surface area contributed by atoms with Crippen LogP contribution in [0.3, 0.4) is 0 Å². The Kier molecular flexibility index (Phi) is 3.82. The molecule has 0 atom stereocenters. The first-order valence-electron chi connectivity index (χ1n) is 8.64. The van der Waals surface area contributed by atoms with Gasteiger partial charge in [-0.2, -0.15) is 0 Å². The molecule has 0 radical (unpaired) electrons. The van der Waals surface area contributed by atoms with E-state index in [1.54, 1.807) is 7.11 Å². The molecule has 1 saturated carbocycles. The van der Waals surface area contributed by atoms with Crippen molar-refractivity contribution < 1.29 is 4.74 Å². The molecule has 3 nitrogen and oxygen atoms in total. The van der Waals surface area contributed by atoms with E-state index in [0.29, 0.717) is 11.4 Å². The minimum atomic E-state index is 0.529. The first-order chi connectivity index (χ1) is 11.3. The largest absolute Gasteiger partial charge is 0.481 e. The molecular weight excluding hydrogens is 284 g/mol. The normalized spacial score (nSPS) is 19.7. The Morgan fingerprint density at radius 3 is 2.83 bits per heavy atom. The summed E-state index contributed by atoms with van der Waals surface area (Å²) < 4.78 is 5.29. The number of pyridine rings is 1. The monoisotopic (exact) mass is 308 g/mol. The summed E-state index contributed by atoms with van der Waals surface area (Å²) in [5.74, 6) is 0.675. The van der Waals surface area contributed by atoms with Crippen molar-refractivity contribution in [1.29, 1.82) is 0 Å². The lowest BCUT2D eigenvalue weighted by atomic mass is 9.96. The standard InChI is InChI=1S/C20H24N2O/c1-23-19-14-16(8-12-21-19)18-7-3-2-6-17(18)15-22-13-5-4-9-20(22)10-11-20/h2-3,6-8,12,14H,4-5,9-11,13,15H2,1H3. The Bertz CT molecular complexity index is 694. The topological polar surface area (TPSA) is 25.4 Å². The van der Waals surface area contributed by atoms with Crippen molar-refractivity contribution in [3.63, 3.8) is 0 Å². The second kappa shape index (κ2) is 5.97. The summed E-state index contributed by atoms with van der Waals surface area (Å²) in [5.41, 5.74) is 4.43. The van der Waals surface area contributed by atoms with Crippen LogP contribution in [-0.2, 0) is 6.54 Å². The molecule has 4 rings (SSSR count). The molecule has 1 aliphatic heterocycles. The third kappa shape index (κ3) is 2.86. The third-order valence-electron chi connectivity index (χ3n) is 5.45. The van der Waals surface area contributed by atoms with E-state index in [1.165, 1.54) is 55.3 Å². The number of ether oxygens (including phenoxy) is 1. The fourth-order valence-corrected chi connectivity index (χ4v) is 3.94. The Balaban J connectivity index is 1.64. The third-order valence-corrected chi connectivity index (χ3v) is 5.45. The highest BCUT2D eigenvalue weighted by Gasteiger charge is 2.48. The van der Waals surface area contributed by atoms with Gasteiger partial charge in [0.05, 0.1) is 7.11 Å². The zero-order chi connectivity index (χ0) is 15.7. The summed E-state index contributed by atoms with van der Waals surface area (Å²) >= 11 is 0. The molecule has 2 aliphatic rings. The fourth-order valence-electron chi connectivity index (χ4n) is 3.94. The lowest BCUT2D eigenvalue weighted by Crippen LogP contribution is -2.40. The van der Waals surface area contributed by atoms with Gasteiger partial charge >= 0.3 is 0 Å². The molecule has 2 aromatic rings. The van der Waals surface area contributed by atoms with Crippen LogP contribution in [0.1, 0.15) is 37.7 Å². The van der Waals surface area contributed by atoms with Crippen LogP contribution >= 0.6 is 0 Å². The predicted molar refractivity (Wildman–Crippen MR) is 92.5 cm³/mol. The van der Waals surface area contributed by atoms with Gasteiger partial charge in [-0.15, -0.1) is 0 Å². The van der Waals surface area contributed by atoms with Gasteiger partial charge in [-0.3, -0.25) is 4.90 Å². The van der Waals surface area contributed by atoms with Gasteiger partial charge in [0.2, 0.25) is 5.88 Å². The van der Waals surface area contributed by atoms with Crippen LogP contribution in [0.25, 0.3) is 11.1 Å². The first-order valence-corrected chi connectivity index (χ1v) is 8.64. The van der Waals surface area contributed by atoms with E-state index in [4.69, 9.17) is 4.74 Å². The average molecular weight is 308 g/mol. The van der Waals surface area contributed by atoms with E-state index in [1.807, 2.05) is 12.3 Å². The van der Waals surface area contributed by atoms with Gasteiger partial charge in [0.15, 0.2) is 0 Å². The highest BCUT2D eigenvalue weighted by Crippen LogP contribution is 2.49. The number of piperidine rings is 1. The minimum absolute atomic E-state index is 0.529. The number of nitrogens with zero attached hydrogens (tertiary/aromatic N) is 2. The molecule has 0 amide bonds. The van der Waals surface area contributed by atoms with Gasteiger partial charge in [0, 0.05) is 24.3 Å². The summed E-state index contributed by atoms with van der Waals surface area (Å²) in [6, 6.07) is 12.9. The van der Waals surface area contributed by atoms with E-state index in [0.717, 1.165) is 6.54 Å². The average Bonchev–Trinajstić information content (AvgIpc) is 3.38. The number of rotatable bonds is 4. The van der Waals surface area contributed by atoms with Crippen LogP contribution in [-0.4, -0.2) is 29.1 Å². The summed E-state index contributed by atoms with van der Waals surface area (Å²) in [7, 11) is 1.67. The van der Waals surface area contributed by atoms with Crippen LogP contribution in [0.15, 0.2) is 42.6 Å². The number of methoxy groups -OCH3 is 1. The Hall–Kier alpha value is -1.87. The van der Waals surface area contributed by atoms with E-state index in [-0.39, 0.29) is 0 Å². The molecule has 1 aromatic heterocycles. The molecule has 3 heteroatoms. The summed E-state index contributed by atoms with van der Waals surface area (Å²) in [5, 5.41) is 0. The second-order valence-electron chi connectivity index (χ2n) is 6.85. The number of hydrogen-bond acceptors (Lipinski definition) is 3. The maximum absolute atomic E-state index is 5.29. The van der Waals surface area contributed by atoms with Crippen molar-refractivity contribution in [2.45, 2.75) is 44.2 Å². The Labute approximate surface area is 138 Å². The molecule has 23 heavy (non-hydrogen) atoms. The molecule has 0 unspecified atom stereocenters. The molecule has 120 valence electrons. The van der Waals surface area contributed by atoms with Gasteiger partial charge in [0.25, 0.3) is 0 Å². The molecule has 1 saturated heterocycles. The van der Waals surface area contributed by atoms with Crippen molar-refractivity contribution >= 4 is 0 Å². The van der Waals surface area contributed by atoms with Gasteiger partial charge < -0.3 is 4.74 Å². The van der Waals surface area contributed by atoms with Gasteiger partial charge in [-0.05, 0) is 55.0 Å². The van der Waals surface area contributed by atoms with Crippen molar-refractivity contribution in [2.75, 3.05) is 13.7 Å². The molecule has 1 aromatic carbocycles.